The number of nitrogens with one attached hydrogen (secondary N) is 1. The molecule has 0 spiro atoms. The molecule has 0 radical (unpaired) electrons. The van der Waals surface area contributed by atoms with E-state index in [-0.39, 0.29) is 12.2 Å². The first-order valence-electron chi connectivity index (χ1n) is 6.98. The molecule has 23 heavy (non-hydrogen) atoms. The fraction of sp³-hybridized carbons (Fsp3) is 0.533. The Morgan fingerprint density at radius 1 is 1.39 bits per heavy atom. The minimum atomic E-state index is -3.86. The SMILES string of the molecule is CCOC(=O)C(F)(F)[C@H](N[S@](=O)C(C)(C)C)c1cccc(Br)c1. The highest BCUT2D eigenvalue weighted by Gasteiger charge is 2.51. The van der Waals surface area contributed by atoms with Gasteiger partial charge >= 0.3 is 11.9 Å². The van der Waals surface area contributed by atoms with Crippen LogP contribution in [0, 0.1) is 0 Å². The summed E-state index contributed by atoms with van der Waals surface area (Å²) in [5.74, 6) is -5.51. The van der Waals surface area contributed by atoms with Gasteiger partial charge in [0.05, 0.1) is 22.3 Å². The van der Waals surface area contributed by atoms with Crippen LogP contribution in [0.5, 0.6) is 0 Å². The number of ether oxygens (including phenoxy) is 1. The summed E-state index contributed by atoms with van der Waals surface area (Å²) in [7, 11) is -1.79. The second-order valence-electron chi connectivity index (χ2n) is 5.83. The number of alkyl halides is 2. The average Bonchev–Trinajstić information content (AvgIpc) is 2.43. The Labute approximate surface area is 145 Å². The van der Waals surface area contributed by atoms with Gasteiger partial charge in [-0.1, -0.05) is 28.1 Å². The quantitative estimate of drug-likeness (QED) is 0.725. The molecule has 1 N–H and O–H groups in total. The Morgan fingerprint density at radius 2 is 2.00 bits per heavy atom. The lowest BCUT2D eigenvalue weighted by molar-refractivity contribution is -0.175. The molecule has 0 fully saturated rings. The van der Waals surface area contributed by atoms with E-state index in [2.05, 4.69) is 25.4 Å². The van der Waals surface area contributed by atoms with E-state index in [9.17, 15) is 17.8 Å². The van der Waals surface area contributed by atoms with Crippen molar-refractivity contribution >= 4 is 32.9 Å². The standard InChI is InChI=1S/C15H20BrF2NO3S/c1-5-22-13(20)15(17,18)12(19-23(21)14(2,3)4)10-7-6-8-11(16)9-10/h6-9,12,19H,5H2,1-4H3/t12-,23-/m1/s1. The molecule has 0 saturated heterocycles. The Balaban J connectivity index is 3.26. The van der Waals surface area contributed by atoms with Crippen molar-refractivity contribution in [2.24, 2.45) is 0 Å². The lowest BCUT2D eigenvalue weighted by atomic mass is 10.0. The number of rotatable bonds is 6. The third-order valence-electron chi connectivity index (χ3n) is 2.87. The van der Waals surface area contributed by atoms with Crippen LogP contribution in [-0.4, -0.2) is 27.5 Å². The molecule has 0 saturated carbocycles. The third kappa shape index (κ3) is 5.32. The first-order valence-corrected chi connectivity index (χ1v) is 8.93. The number of carbonyl (C=O) groups is 1. The van der Waals surface area contributed by atoms with Crippen LogP contribution in [0.1, 0.15) is 39.3 Å². The summed E-state index contributed by atoms with van der Waals surface area (Å²) in [5, 5.41) is 0. The molecule has 8 heteroatoms. The molecular weight excluding hydrogens is 392 g/mol. The molecule has 0 aliphatic carbocycles. The maximum atomic E-state index is 14.5. The number of carbonyl (C=O) groups excluding carboxylic acids is 1. The van der Waals surface area contributed by atoms with Crippen molar-refractivity contribution < 1.29 is 22.5 Å². The smallest absolute Gasteiger partial charge is 0.379 e. The second-order valence-corrected chi connectivity index (χ2v) is 8.74. The van der Waals surface area contributed by atoms with Crippen molar-refractivity contribution in [1.82, 2.24) is 4.72 Å². The van der Waals surface area contributed by atoms with Gasteiger partial charge in [-0.3, -0.25) is 0 Å². The van der Waals surface area contributed by atoms with E-state index in [0.29, 0.717) is 4.47 Å². The highest BCUT2D eigenvalue weighted by molar-refractivity contribution is 9.10. The molecule has 0 bridgehead atoms. The maximum absolute atomic E-state index is 14.5. The first-order chi connectivity index (χ1) is 10.5. The van der Waals surface area contributed by atoms with Crippen LogP contribution in [0.3, 0.4) is 0 Å². The van der Waals surface area contributed by atoms with Crippen molar-refractivity contribution in [3.05, 3.63) is 34.3 Å². The Morgan fingerprint density at radius 3 is 2.48 bits per heavy atom. The van der Waals surface area contributed by atoms with Crippen LogP contribution in [0.15, 0.2) is 28.7 Å². The zero-order valence-electron chi connectivity index (χ0n) is 13.4. The van der Waals surface area contributed by atoms with Gasteiger partial charge < -0.3 is 4.74 Å². The fourth-order valence-corrected chi connectivity index (χ4v) is 2.94. The minimum Gasteiger partial charge on any atom is -0.462 e. The van der Waals surface area contributed by atoms with Gasteiger partial charge in [-0.25, -0.2) is 13.7 Å². The van der Waals surface area contributed by atoms with Crippen LogP contribution >= 0.6 is 15.9 Å². The van der Waals surface area contributed by atoms with E-state index in [1.54, 1.807) is 32.9 Å². The Bertz CT molecular complexity index is 590. The largest absolute Gasteiger partial charge is 0.462 e. The molecule has 4 nitrogen and oxygen atoms in total. The van der Waals surface area contributed by atoms with Gasteiger partial charge in [0.1, 0.15) is 6.04 Å². The van der Waals surface area contributed by atoms with E-state index in [1.807, 2.05) is 0 Å². The van der Waals surface area contributed by atoms with Crippen molar-refractivity contribution in [2.45, 2.75) is 44.4 Å². The number of esters is 1. The molecule has 1 rings (SSSR count). The summed E-state index contributed by atoms with van der Waals surface area (Å²) in [6.45, 7) is 6.23. The normalized spacial score (nSPS) is 15.1. The topological polar surface area (TPSA) is 55.4 Å². The van der Waals surface area contributed by atoms with Crippen LogP contribution in [0.2, 0.25) is 0 Å². The van der Waals surface area contributed by atoms with Crippen molar-refractivity contribution in [1.29, 1.82) is 0 Å². The average molecular weight is 412 g/mol. The van der Waals surface area contributed by atoms with E-state index in [0.717, 1.165) is 0 Å². The van der Waals surface area contributed by atoms with E-state index in [1.165, 1.54) is 19.1 Å². The molecule has 1 aromatic rings. The molecule has 2 atom stereocenters. The molecule has 0 aliphatic rings. The summed E-state index contributed by atoms with van der Waals surface area (Å²) in [6, 6.07) is 4.36. The second kappa shape index (κ2) is 7.81. The number of hydrogen-bond acceptors (Lipinski definition) is 3. The molecule has 0 unspecified atom stereocenters. The zero-order chi connectivity index (χ0) is 17.8. The van der Waals surface area contributed by atoms with Gasteiger partial charge in [-0.05, 0) is 45.4 Å². The molecule has 130 valence electrons. The monoisotopic (exact) mass is 411 g/mol. The molecule has 0 heterocycles. The molecule has 0 aromatic heterocycles. The predicted octanol–water partition coefficient (Wildman–Crippen LogP) is 3.74. The van der Waals surface area contributed by atoms with Crippen LogP contribution in [0.25, 0.3) is 0 Å². The van der Waals surface area contributed by atoms with Gasteiger partial charge in [0, 0.05) is 4.47 Å². The fourth-order valence-electron chi connectivity index (χ4n) is 1.67. The Hall–Kier alpha value is -0.860. The van der Waals surface area contributed by atoms with Crippen molar-refractivity contribution in [2.75, 3.05) is 6.61 Å². The Kier molecular flexibility index (Phi) is 6.85. The lowest BCUT2D eigenvalue weighted by Crippen LogP contribution is -2.47. The molecular formula is C15H20BrF2NO3S. The number of hydrogen-bond donors (Lipinski definition) is 1. The van der Waals surface area contributed by atoms with E-state index >= 15 is 0 Å². The summed E-state index contributed by atoms with van der Waals surface area (Å²) in [6.07, 6.45) is 0. The van der Waals surface area contributed by atoms with Gasteiger partial charge in [-0.15, -0.1) is 0 Å². The molecule has 1 aromatic carbocycles. The van der Waals surface area contributed by atoms with Crippen LogP contribution in [0.4, 0.5) is 8.78 Å². The predicted molar refractivity (Wildman–Crippen MR) is 89.5 cm³/mol. The van der Waals surface area contributed by atoms with Crippen molar-refractivity contribution in [3.8, 4) is 0 Å². The number of benzene rings is 1. The molecule has 0 aliphatic heterocycles. The summed E-state index contributed by atoms with van der Waals surface area (Å²) in [4.78, 5) is 11.7. The third-order valence-corrected chi connectivity index (χ3v) is 4.93. The van der Waals surface area contributed by atoms with Gasteiger partial charge in [0.2, 0.25) is 0 Å². The van der Waals surface area contributed by atoms with Gasteiger partial charge in [0.25, 0.3) is 0 Å². The van der Waals surface area contributed by atoms with Crippen LogP contribution < -0.4 is 4.72 Å². The summed E-state index contributed by atoms with van der Waals surface area (Å²) >= 11 is 3.21. The van der Waals surface area contributed by atoms with Gasteiger partial charge in [-0.2, -0.15) is 8.78 Å². The van der Waals surface area contributed by atoms with E-state index < -0.39 is 33.7 Å². The number of halogens is 3. The molecule has 0 amide bonds. The highest BCUT2D eigenvalue weighted by Crippen LogP contribution is 2.35. The lowest BCUT2D eigenvalue weighted by Gasteiger charge is -2.29. The van der Waals surface area contributed by atoms with Gasteiger partial charge in [0.15, 0.2) is 0 Å². The maximum Gasteiger partial charge on any atom is 0.379 e. The first kappa shape index (κ1) is 20.2. The van der Waals surface area contributed by atoms with Crippen LogP contribution in [-0.2, 0) is 20.5 Å². The zero-order valence-corrected chi connectivity index (χ0v) is 15.8. The highest BCUT2D eigenvalue weighted by atomic mass is 79.9. The summed E-state index contributed by atoms with van der Waals surface area (Å²) in [5.41, 5.74) is 0.134. The van der Waals surface area contributed by atoms with E-state index in [4.69, 9.17) is 0 Å². The minimum absolute atomic E-state index is 0.134. The summed E-state index contributed by atoms with van der Waals surface area (Å²) < 4.78 is 48.0. The van der Waals surface area contributed by atoms with Crippen molar-refractivity contribution in [3.63, 3.8) is 0 Å².